The second-order valence-corrected chi connectivity index (χ2v) is 10.7. The molecule has 182 valence electrons. The lowest BCUT2D eigenvalue weighted by molar-refractivity contribution is -0.145. The van der Waals surface area contributed by atoms with Crippen molar-refractivity contribution in [1.29, 1.82) is 0 Å². The quantitative estimate of drug-likeness (QED) is 0.500. The summed E-state index contributed by atoms with van der Waals surface area (Å²) in [5.41, 5.74) is 2.89. The molecule has 0 saturated carbocycles. The van der Waals surface area contributed by atoms with E-state index in [9.17, 15) is 14.7 Å². The first-order valence-electron chi connectivity index (χ1n) is 11.7. The van der Waals surface area contributed by atoms with Crippen LogP contribution in [0.15, 0.2) is 48.0 Å². The van der Waals surface area contributed by atoms with E-state index < -0.39 is 11.4 Å². The average molecular weight is 492 g/mol. The van der Waals surface area contributed by atoms with Crippen LogP contribution in [0, 0.1) is 5.41 Å². The van der Waals surface area contributed by atoms with Gasteiger partial charge < -0.3 is 20.2 Å². The molecular weight excluding hydrogens is 462 g/mol. The van der Waals surface area contributed by atoms with Crippen molar-refractivity contribution in [2.45, 2.75) is 31.8 Å². The van der Waals surface area contributed by atoms with Crippen molar-refractivity contribution in [1.82, 2.24) is 20.2 Å². The predicted molar refractivity (Wildman–Crippen MR) is 135 cm³/mol. The smallest absolute Gasteiger partial charge is 0.304 e. The normalized spacial score (nSPS) is 16.7. The van der Waals surface area contributed by atoms with Crippen LogP contribution in [0.5, 0.6) is 0 Å². The fraction of sp³-hybridized carbons (Fsp3) is 0.385. The summed E-state index contributed by atoms with van der Waals surface area (Å²) >= 11 is 1.47. The number of rotatable bonds is 8. The molecule has 1 amide bonds. The summed E-state index contributed by atoms with van der Waals surface area (Å²) in [6.07, 6.45) is 2.53. The molecule has 1 aliphatic carbocycles. The summed E-state index contributed by atoms with van der Waals surface area (Å²) in [5, 5.41) is 15.2. The van der Waals surface area contributed by atoms with E-state index in [1.807, 2.05) is 48.0 Å². The van der Waals surface area contributed by atoms with Crippen LogP contribution < -0.4 is 10.2 Å². The van der Waals surface area contributed by atoms with Crippen molar-refractivity contribution in [3.05, 3.63) is 64.1 Å². The van der Waals surface area contributed by atoms with Gasteiger partial charge >= 0.3 is 5.97 Å². The minimum Gasteiger partial charge on any atom is -0.481 e. The molecule has 2 N–H and O–H groups in total. The van der Waals surface area contributed by atoms with Crippen LogP contribution in [-0.4, -0.2) is 65.1 Å². The van der Waals surface area contributed by atoms with Crippen LogP contribution in [-0.2, 0) is 29.0 Å². The number of aliphatic carboxylic acids is 1. The van der Waals surface area contributed by atoms with Crippen LogP contribution in [0.25, 0.3) is 11.3 Å². The van der Waals surface area contributed by atoms with Gasteiger partial charge in [-0.3, -0.25) is 9.59 Å². The molecule has 1 saturated heterocycles. The number of nitrogens with zero attached hydrogens (tertiary/aromatic N) is 4. The van der Waals surface area contributed by atoms with Crippen molar-refractivity contribution in [2.75, 3.05) is 32.1 Å². The average Bonchev–Trinajstić information content (AvgIpc) is 3.41. The Bertz CT molecular complexity index is 1210. The molecule has 35 heavy (non-hydrogen) atoms. The van der Waals surface area contributed by atoms with E-state index in [1.54, 1.807) is 0 Å². The number of thiazole rings is 1. The van der Waals surface area contributed by atoms with Crippen LogP contribution in [0.1, 0.15) is 22.6 Å². The Morgan fingerprint density at radius 1 is 1.17 bits per heavy atom. The van der Waals surface area contributed by atoms with Gasteiger partial charge in [-0.05, 0) is 50.2 Å². The number of amides is 1. The zero-order valence-corrected chi connectivity index (χ0v) is 20.7. The van der Waals surface area contributed by atoms with E-state index in [2.05, 4.69) is 39.2 Å². The zero-order chi connectivity index (χ0) is 24.6. The molecule has 3 aromatic rings. The van der Waals surface area contributed by atoms with E-state index >= 15 is 0 Å². The number of hydrogen-bond acceptors (Lipinski definition) is 7. The Hall–Kier alpha value is -3.30. The molecule has 2 aromatic heterocycles. The highest BCUT2D eigenvalue weighted by atomic mass is 32.1. The molecule has 5 rings (SSSR count). The van der Waals surface area contributed by atoms with Gasteiger partial charge in [-0.1, -0.05) is 24.3 Å². The maximum Gasteiger partial charge on any atom is 0.304 e. The zero-order valence-electron chi connectivity index (χ0n) is 19.9. The number of aromatic nitrogens is 2. The van der Waals surface area contributed by atoms with E-state index in [-0.39, 0.29) is 18.9 Å². The number of pyridine rings is 1. The highest BCUT2D eigenvalue weighted by molar-refractivity contribution is 7.09. The third kappa shape index (κ3) is 4.78. The molecule has 8 nitrogen and oxygen atoms in total. The van der Waals surface area contributed by atoms with Crippen molar-refractivity contribution in [2.24, 2.45) is 5.41 Å². The summed E-state index contributed by atoms with van der Waals surface area (Å²) < 4.78 is 0. The van der Waals surface area contributed by atoms with E-state index in [4.69, 9.17) is 0 Å². The molecule has 0 spiro atoms. The molecule has 1 aliphatic heterocycles. The summed E-state index contributed by atoms with van der Waals surface area (Å²) in [7, 11) is 4.19. The standard InChI is InChI=1S/C26H29N5O3S/c1-30(2)20-14-31(15-20)22-8-7-19(12-27-22)21-16-35-23(29-21)13-28-25(34)26(11-24(32)33)9-17-5-3-4-6-18(17)10-26/h3-8,12,16,20H,9-11,13-15H2,1-2H3,(H,28,34)(H,32,33). The Labute approximate surface area is 208 Å². The summed E-state index contributed by atoms with van der Waals surface area (Å²) in [4.78, 5) is 38.6. The Balaban J connectivity index is 1.21. The minimum atomic E-state index is -0.962. The number of benzene rings is 1. The number of likely N-dealkylation sites (N-methyl/N-ethyl adjacent to an activating group) is 1. The number of carbonyl (C=O) groups excluding carboxylic acids is 1. The fourth-order valence-electron chi connectivity index (χ4n) is 4.91. The number of nitrogens with one attached hydrogen (secondary N) is 1. The van der Waals surface area contributed by atoms with Gasteiger partial charge in [0.05, 0.1) is 24.1 Å². The van der Waals surface area contributed by atoms with Gasteiger partial charge in [0, 0.05) is 36.3 Å². The molecule has 1 aromatic carbocycles. The molecule has 2 aliphatic rings. The van der Waals surface area contributed by atoms with Crippen molar-refractivity contribution < 1.29 is 14.7 Å². The van der Waals surface area contributed by atoms with E-state index in [1.165, 1.54) is 11.3 Å². The molecule has 0 radical (unpaired) electrons. The fourth-order valence-corrected chi connectivity index (χ4v) is 5.65. The van der Waals surface area contributed by atoms with E-state index in [0.717, 1.165) is 46.3 Å². The van der Waals surface area contributed by atoms with Gasteiger partial charge in [-0.15, -0.1) is 11.3 Å². The Kier molecular flexibility index (Phi) is 6.29. The summed E-state index contributed by atoms with van der Waals surface area (Å²) in [5.74, 6) is -0.226. The van der Waals surface area contributed by atoms with Crippen LogP contribution in [0.2, 0.25) is 0 Å². The largest absolute Gasteiger partial charge is 0.481 e. The summed E-state index contributed by atoms with van der Waals surface area (Å²) in [6.45, 7) is 2.23. The molecule has 3 heterocycles. The maximum atomic E-state index is 13.2. The lowest BCUT2D eigenvalue weighted by atomic mass is 9.80. The van der Waals surface area contributed by atoms with Crippen LogP contribution >= 0.6 is 11.3 Å². The van der Waals surface area contributed by atoms with Crippen molar-refractivity contribution >= 4 is 29.0 Å². The van der Waals surface area contributed by atoms with Crippen molar-refractivity contribution in [3.8, 4) is 11.3 Å². The van der Waals surface area contributed by atoms with Crippen molar-refractivity contribution in [3.63, 3.8) is 0 Å². The third-order valence-corrected chi connectivity index (χ3v) is 7.91. The number of carboxylic acid groups (broad SMARTS) is 1. The molecule has 0 bridgehead atoms. The predicted octanol–water partition coefficient (Wildman–Crippen LogP) is 2.83. The van der Waals surface area contributed by atoms with Crippen LogP contribution in [0.3, 0.4) is 0 Å². The maximum absolute atomic E-state index is 13.2. The van der Waals surface area contributed by atoms with Gasteiger partial charge in [-0.2, -0.15) is 0 Å². The first-order valence-corrected chi connectivity index (χ1v) is 12.6. The Morgan fingerprint density at radius 2 is 1.89 bits per heavy atom. The number of carbonyl (C=O) groups is 2. The SMILES string of the molecule is CN(C)C1CN(c2ccc(-c3csc(CNC(=O)C4(CC(=O)O)Cc5ccccc5C4)n3)cn2)C1. The second-order valence-electron chi connectivity index (χ2n) is 9.71. The third-order valence-electron chi connectivity index (χ3n) is 7.06. The molecule has 0 atom stereocenters. The van der Waals surface area contributed by atoms with Gasteiger partial charge in [0.25, 0.3) is 0 Å². The first kappa shape index (κ1) is 23.4. The number of hydrogen-bond donors (Lipinski definition) is 2. The van der Waals surface area contributed by atoms with Crippen LogP contribution in [0.4, 0.5) is 5.82 Å². The molecular formula is C26H29N5O3S. The topological polar surface area (TPSA) is 98.7 Å². The van der Waals surface area contributed by atoms with E-state index in [0.29, 0.717) is 18.9 Å². The van der Waals surface area contributed by atoms with Gasteiger partial charge in [0.2, 0.25) is 5.91 Å². The number of anilines is 1. The second kappa shape index (κ2) is 9.39. The molecule has 9 heteroatoms. The molecule has 0 unspecified atom stereocenters. The Morgan fingerprint density at radius 3 is 2.49 bits per heavy atom. The lowest BCUT2D eigenvalue weighted by Gasteiger charge is -2.43. The van der Waals surface area contributed by atoms with Gasteiger partial charge in [0.15, 0.2) is 0 Å². The number of fused-ring (bicyclic) bond motifs is 1. The monoisotopic (exact) mass is 491 g/mol. The first-order chi connectivity index (χ1) is 16.8. The van der Waals surface area contributed by atoms with Gasteiger partial charge in [0.1, 0.15) is 10.8 Å². The van der Waals surface area contributed by atoms with Gasteiger partial charge in [-0.25, -0.2) is 9.97 Å². The number of carboxylic acids is 1. The highest BCUT2D eigenvalue weighted by Crippen LogP contribution is 2.40. The molecule has 1 fully saturated rings. The minimum absolute atomic E-state index is 0.193. The lowest BCUT2D eigenvalue weighted by Crippen LogP contribution is -2.57. The summed E-state index contributed by atoms with van der Waals surface area (Å²) in [6, 6.07) is 12.4. The highest BCUT2D eigenvalue weighted by Gasteiger charge is 2.45.